The zero-order valence-corrected chi connectivity index (χ0v) is 35.0. The smallest absolute Gasteiger partial charge is 0.295 e. The maximum absolute atomic E-state index is 14.0. The van der Waals surface area contributed by atoms with Gasteiger partial charge >= 0.3 is 0 Å². The second kappa shape index (κ2) is 17.8. The largest absolute Gasteiger partial charge is 0.455 e. The van der Waals surface area contributed by atoms with Gasteiger partial charge in [-0.2, -0.15) is 0 Å². The second-order valence-corrected chi connectivity index (χ2v) is 18.2. The van der Waals surface area contributed by atoms with Crippen LogP contribution in [-0.4, -0.2) is 88.2 Å². The molecular formula is C42H45Cl2FN6O7S. The Hall–Kier alpha value is -4.77. The fourth-order valence-electron chi connectivity index (χ4n) is 7.56. The van der Waals surface area contributed by atoms with Crippen LogP contribution >= 0.6 is 23.2 Å². The summed E-state index contributed by atoms with van der Waals surface area (Å²) < 4.78 is 54.5. The number of ether oxygens (including phenoxy) is 2. The molecule has 3 aliphatic rings. The second-order valence-electron chi connectivity index (χ2n) is 15.6. The Morgan fingerprint density at radius 3 is 2.36 bits per heavy atom. The average Bonchev–Trinajstić information content (AvgIpc) is 3.20. The molecule has 0 aromatic heterocycles. The predicted molar refractivity (Wildman–Crippen MR) is 226 cm³/mol. The summed E-state index contributed by atoms with van der Waals surface area (Å²) in [5.74, 6) is -1.62. The third-order valence-corrected chi connectivity index (χ3v) is 12.7. The van der Waals surface area contributed by atoms with Crippen LogP contribution in [0.2, 0.25) is 10.0 Å². The lowest BCUT2D eigenvalue weighted by Gasteiger charge is -2.39. The van der Waals surface area contributed by atoms with Gasteiger partial charge in [0, 0.05) is 68.7 Å². The Balaban J connectivity index is 1.10. The van der Waals surface area contributed by atoms with Crippen molar-refractivity contribution in [3.63, 3.8) is 0 Å². The Bertz CT molecular complexity index is 2370. The highest BCUT2D eigenvalue weighted by Gasteiger charge is 2.31. The van der Waals surface area contributed by atoms with E-state index in [4.69, 9.17) is 32.7 Å². The predicted octanol–water partition coefficient (Wildman–Crippen LogP) is 8.40. The normalized spacial score (nSPS) is 17.7. The van der Waals surface area contributed by atoms with Crippen LogP contribution < -0.4 is 19.8 Å². The molecule has 2 N–H and O–H groups in total. The molecule has 0 radical (unpaired) electrons. The number of benzene rings is 4. The number of nitrogens with one attached hydrogen (secondary N) is 2. The van der Waals surface area contributed by atoms with Gasteiger partial charge in [0.1, 0.15) is 23.0 Å². The lowest BCUT2D eigenvalue weighted by molar-refractivity contribution is -0.384. The van der Waals surface area contributed by atoms with Crippen LogP contribution in [0.3, 0.4) is 0 Å². The minimum Gasteiger partial charge on any atom is -0.455 e. The molecule has 4 aromatic carbocycles. The summed E-state index contributed by atoms with van der Waals surface area (Å²) >= 11 is 12.5. The van der Waals surface area contributed by atoms with Crippen molar-refractivity contribution < 1.29 is 32.0 Å². The first-order valence-electron chi connectivity index (χ1n) is 19.3. The van der Waals surface area contributed by atoms with Crippen molar-refractivity contribution in [1.82, 2.24) is 14.6 Å². The highest BCUT2D eigenvalue weighted by atomic mass is 35.5. The van der Waals surface area contributed by atoms with Crippen molar-refractivity contribution in [1.29, 1.82) is 0 Å². The fraction of sp³-hybridized carbons (Fsp3) is 0.357. The summed E-state index contributed by atoms with van der Waals surface area (Å²) in [5.41, 5.74) is 7.33. The number of sulfonamides is 1. The molecule has 0 unspecified atom stereocenters. The van der Waals surface area contributed by atoms with Crippen LogP contribution in [0.4, 0.5) is 21.5 Å². The highest BCUT2D eigenvalue weighted by molar-refractivity contribution is 7.90. The lowest BCUT2D eigenvalue weighted by Crippen LogP contribution is -2.47. The minimum atomic E-state index is -4.62. The molecule has 2 heterocycles. The first-order valence-corrected chi connectivity index (χ1v) is 21.5. The molecular weight excluding hydrogens is 822 g/mol. The standard InChI is InChI=1S/C42H45Cl2FN6O7S/c1-42(2)14-13-29(35(26-42)28-3-5-30(43)6-4-28)27-48-15-17-49(18-16-48)32-8-10-34(40(24-32)58-39-12-7-31(45)23-36(39)44)41(52)47-59(55,56)33-9-11-37(38(25-33)51(53)54)46-50-19-21-57-22-20-50/h3-12,23-25,46H,13-22,26-27H2,1-2H3,(H,47,52). The van der Waals surface area contributed by atoms with E-state index in [2.05, 4.69) is 41.2 Å². The van der Waals surface area contributed by atoms with Gasteiger partial charge < -0.3 is 19.8 Å². The van der Waals surface area contributed by atoms with Crippen LogP contribution in [0.15, 0.2) is 89.3 Å². The first kappa shape index (κ1) is 42.4. The summed E-state index contributed by atoms with van der Waals surface area (Å²) in [7, 11) is -4.62. The van der Waals surface area contributed by atoms with Crippen molar-refractivity contribution in [2.45, 2.75) is 38.0 Å². The maximum Gasteiger partial charge on any atom is 0.295 e. The van der Waals surface area contributed by atoms with Crippen molar-refractivity contribution >= 4 is 61.8 Å². The number of carbonyl (C=O) groups is 1. The molecule has 0 atom stereocenters. The maximum atomic E-state index is 14.0. The van der Waals surface area contributed by atoms with Crippen molar-refractivity contribution in [3.8, 4) is 11.5 Å². The van der Waals surface area contributed by atoms with Crippen molar-refractivity contribution in [3.05, 3.63) is 122 Å². The Morgan fingerprint density at radius 2 is 1.66 bits per heavy atom. The van der Waals surface area contributed by atoms with Gasteiger partial charge in [-0.05, 0) is 90.4 Å². The molecule has 4 aromatic rings. The van der Waals surface area contributed by atoms with Gasteiger partial charge in [0.25, 0.3) is 21.6 Å². The molecule has 1 aliphatic carbocycles. The average molecular weight is 868 g/mol. The number of hydrazine groups is 1. The van der Waals surface area contributed by atoms with Gasteiger partial charge in [-0.1, -0.05) is 54.8 Å². The van der Waals surface area contributed by atoms with Gasteiger partial charge in [-0.25, -0.2) is 22.5 Å². The molecule has 312 valence electrons. The van der Waals surface area contributed by atoms with E-state index in [0.29, 0.717) is 44.4 Å². The molecule has 1 amide bonds. The molecule has 2 saturated heterocycles. The lowest BCUT2D eigenvalue weighted by atomic mass is 9.72. The molecule has 0 saturated carbocycles. The zero-order valence-electron chi connectivity index (χ0n) is 32.7. The summed E-state index contributed by atoms with van der Waals surface area (Å²) in [4.78, 5) is 29.2. The van der Waals surface area contributed by atoms with Gasteiger partial charge in [-0.15, -0.1) is 0 Å². The Morgan fingerprint density at radius 1 is 0.932 bits per heavy atom. The van der Waals surface area contributed by atoms with Crippen molar-refractivity contribution in [2.75, 3.05) is 69.4 Å². The molecule has 0 spiro atoms. The molecule has 2 aliphatic heterocycles. The quantitative estimate of drug-likeness (QED) is 0.105. The third kappa shape index (κ3) is 10.3. The third-order valence-electron chi connectivity index (χ3n) is 10.8. The van der Waals surface area contributed by atoms with E-state index in [1.165, 1.54) is 41.0 Å². The van der Waals surface area contributed by atoms with E-state index in [1.807, 2.05) is 16.9 Å². The molecule has 13 nitrogen and oxygen atoms in total. The number of hydrogen-bond donors (Lipinski definition) is 2. The van der Waals surface area contributed by atoms with E-state index < -0.39 is 37.3 Å². The molecule has 7 rings (SSSR count). The highest BCUT2D eigenvalue weighted by Crippen LogP contribution is 2.43. The van der Waals surface area contributed by atoms with Crippen LogP contribution in [0.5, 0.6) is 11.5 Å². The van der Waals surface area contributed by atoms with Crippen LogP contribution in [0.1, 0.15) is 49.0 Å². The number of anilines is 2. The molecule has 17 heteroatoms. The Kier molecular flexibility index (Phi) is 12.8. The first-order chi connectivity index (χ1) is 28.1. The number of nitrogens with zero attached hydrogens (tertiary/aromatic N) is 4. The van der Waals surface area contributed by atoms with Gasteiger partial charge in [0.15, 0.2) is 0 Å². The molecule has 59 heavy (non-hydrogen) atoms. The number of nitro benzene ring substituents is 1. The van der Waals surface area contributed by atoms with Gasteiger partial charge in [-0.3, -0.25) is 19.8 Å². The molecule has 2 fully saturated rings. The number of rotatable bonds is 12. The number of allylic oxidation sites excluding steroid dienone is 1. The van der Waals surface area contributed by atoms with Crippen LogP contribution in [-0.2, 0) is 14.8 Å². The van der Waals surface area contributed by atoms with E-state index in [9.17, 15) is 27.7 Å². The van der Waals surface area contributed by atoms with E-state index in [1.54, 1.807) is 17.1 Å². The van der Waals surface area contributed by atoms with Crippen molar-refractivity contribution in [2.24, 2.45) is 5.41 Å². The van der Waals surface area contributed by atoms with Gasteiger partial charge in [0.05, 0.1) is 33.6 Å². The number of hydrogen-bond acceptors (Lipinski definition) is 11. The van der Waals surface area contributed by atoms with Crippen LogP contribution in [0.25, 0.3) is 5.57 Å². The van der Waals surface area contributed by atoms with E-state index in [0.717, 1.165) is 62.8 Å². The summed E-state index contributed by atoms with van der Waals surface area (Å²) in [6, 6.07) is 19.7. The van der Waals surface area contributed by atoms with E-state index in [-0.39, 0.29) is 33.2 Å². The number of piperazine rings is 1. The number of morpholine rings is 1. The topological polar surface area (TPSA) is 147 Å². The van der Waals surface area contributed by atoms with Crippen LogP contribution in [0, 0.1) is 21.3 Å². The minimum absolute atomic E-state index is 0.0234. The van der Waals surface area contributed by atoms with Gasteiger partial charge in [0.2, 0.25) is 0 Å². The Labute approximate surface area is 352 Å². The number of amides is 1. The van der Waals surface area contributed by atoms with E-state index >= 15 is 0 Å². The number of nitro groups is 1. The summed E-state index contributed by atoms with van der Waals surface area (Å²) in [6.45, 7) is 10.2. The summed E-state index contributed by atoms with van der Waals surface area (Å²) in [5, 5.41) is 14.4. The number of carbonyl (C=O) groups excluding carboxylic acids is 1. The number of halogens is 3. The monoisotopic (exact) mass is 866 g/mol. The molecule has 0 bridgehead atoms. The zero-order chi connectivity index (χ0) is 41.9. The SMILES string of the molecule is CC1(C)CCC(CN2CCN(c3ccc(C(=O)NS(=O)(=O)c4ccc(NN5CCOCC5)c([N+](=O)[O-])c4)c(Oc4ccc(F)cc4Cl)c3)CC2)=C(c2ccc(Cl)cc2)C1. The fourth-order valence-corrected chi connectivity index (χ4v) is 8.88. The summed E-state index contributed by atoms with van der Waals surface area (Å²) in [6.07, 6.45) is 3.12.